The lowest BCUT2D eigenvalue weighted by molar-refractivity contribution is 0.0748. The highest BCUT2D eigenvalue weighted by Crippen LogP contribution is 2.26. The molecule has 23 heavy (non-hydrogen) atoms. The molecule has 1 aromatic heterocycles. The summed E-state index contributed by atoms with van der Waals surface area (Å²) in [6, 6.07) is 5.15. The number of rotatable bonds is 3. The molecule has 1 atom stereocenters. The van der Waals surface area contributed by atoms with Crippen LogP contribution in [0, 0.1) is 5.82 Å². The van der Waals surface area contributed by atoms with Crippen molar-refractivity contribution in [3.63, 3.8) is 0 Å². The summed E-state index contributed by atoms with van der Waals surface area (Å²) < 4.78 is 41.3. The zero-order valence-corrected chi connectivity index (χ0v) is 13.2. The van der Waals surface area contributed by atoms with Gasteiger partial charge in [0.15, 0.2) is 15.6 Å². The monoisotopic (exact) mass is 338 g/mol. The van der Waals surface area contributed by atoms with Gasteiger partial charge in [0.05, 0.1) is 17.7 Å². The molecule has 3 rings (SSSR count). The van der Waals surface area contributed by atoms with E-state index in [1.807, 2.05) is 0 Å². The zero-order valence-electron chi connectivity index (χ0n) is 12.4. The predicted molar refractivity (Wildman–Crippen MR) is 81.0 cm³/mol. The van der Waals surface area contributed by atoms with Crippen LogP contribution in [0.2, 0.25) is 0 Å². The number of amides is 1. The van der Waals surface area contributed by atoms with E-state index in [1.165, 1.54) is 35.4 Å². The third kappa shape index (κ3) is 3.12. The molecule has 6 nitrogen and oxygen atoms in total. The third-order valence-corrected chi connectivity index (χ3v) is 5.73. The van der Waals surface area contributed by atoms with Gasteiger partial charge in [-0.3, -0.25) is 4.79 Å². The van der Waals surface area contributed by atoms with E-state index in [1.54, 1.807) is 7.05 Å². The molecule has 1 aliphatic heterocycles. The highest BCUT2D eigenvalue weighted by Gasteiger charge is 2.34. The third-order valence-electron chi connectivity index (χ3n) is 3.98. The molecule has 1 fully saturated rings. The van der Waals surface area contributed by atoms with Crippen molar-refractivity contribution in [2.24, 2.45) is 0 Å². The maximum atomic E-state index is 13.0. The van der Waals surface area contributed by atoms with Crippen LogP contribution in [-0.4, -0.2) is 49.0 Å². The van der Waals surface area contributed by atoms with E-state index in [-0.39, 0.29) is 34.8 Å². The maximum Gasteiger partial charge on any atom is 0.259 e. The van der Waals surface area contributed by atoms with Crippen LogP contribution in [-0.2, 0) is 9.84 Å². The van der Waals surface area contributed by atoms with Crippen molar-refractivity contribution >= 4 is 15.7 Å². The number of hydrogen-bond donors (Lipinski definition) is 0. The maximum absolute atomic E-state index is 13.0. The van der Waals surface area contributed by atoms with Crippen molar-refractivity contribution in [1.82, 2.24) is 10.1 Å². The quantitative estimate of drug-likeness (QED) is 0.851. The number of carbonyl (C=O) groups excluding carboxylic acids is 1. The summed E-state index contributed by atoms with van der Waals surface area (Å²) in [6.07, 6.45) is 1.71. The molecule has 0 bridgehead atoms. The number of aromatic nitrogens is 1. The van der Waals surface area contributed by atoms with Crippen LogP contribution in [0.1, 0.15) is 16.8 Å². The zero-order chi connectivity index (χ0) is 16.6. The van der Waals surface area contributed by atoms with Gasteiger partial charge in [-0.25, -0.2) is 12.8 Å². The van der Waals surface area contributed by atoms with E-state index in [0.29, 0.717) is 12.0 Å². The molecule has 0 saturated carbocycles. The van der Waals surface area contributed by atoms with E-state index >= 15 is 0 Å². The average molecular weight is 338 g/mol. The smallest absolute Gasteiger partial charge is 0.259 e. The van der Waals surface area contributed by atoms with E-state index in [4.69, 9.17) is 4.52 Å². The normalized spacial score (nSPS) is 19.7. The largest absolute Gasteiger partial charge is 0.355 e. The lowest BCUT2D eigenvalue weighted by atomic mass is 10.1. The fourth-order valence-electron chi connectivity index (χ4n) is 2.64. The number of carbonyl (C=O) groups is 1. The first-order valence-electron chi connectivity index (χ1n) is 7.05. The minimum absolute atomic E-state index is 0.0353. The molecule has 1 aromatic carbocycles. The SMILES string of the molecule is CN(C(=O)c1cnoc1-c1ccc(F)cc1)C1CCS(=O)(=O)C1. The van der Waals surface area contributed by atoms with E-state index in [0.717, 1.165) is 0 Å². The minimum atomic E-state index is -3.08. The van der Waals surface area contributed by atoms with Gasteiger partial charge in [0, 0.05) is 18.7 Å². The molecule has 0 radical (unpaired) electrons. The lowest BCUT2D eigenvalue weighted by Gasteiger charge is -2.22. The van der Waals surface area contributed by atoms with E-state index < -0.39 is 15.7 Å². The van der Waals surface area contributed by atoms with E-state index in [2.05, 4.69) is 5.16 Å². The number of nitrogens with zero attached hydrogens (tertiary/aromatic N) is 2. The molecule has 0 spiro atoms. The number of hydrogen-bond acceptors (Lipinski definition) is 5. The summed E-state index contributed by atoms with van der Waals surface area (Å²) in [5.41, 5.74) is 0.753. The van der Waals surface area contributed by atoms with E-state index in [9.17, 15) is 17.6 Å². The molecule has 1 saturated heterocycles. The Labute approximate surface area is 132 Å². The predicted octanol–water partition coefficient (Wildman–Crippen LogP) is 1.74. The first-order valence-corrected chi connectivity index (χ1v) is 8.88. The fourth-order valence-corrected chi connectivity index (χ4v) is 4.41. The number of benzene rings is 1. The minimum Gasteiger partial charge on any atom is -0.355 e. The summed E-state index contributed by atoms with van der Waals surface area (Å²) in [5, 5.41) is 3.65. The molecule has 8 heteroatoms. The first kappa shape index (κ1) is 15.7. The van der Waals surface area contributed by atoms with Crippen molar-refractivity contribution in [3.05, 3.63) is 41.8 Å². The molecule has 1 aliphatic rings. The average Bonchev–Trinajstić information content (AvgIpc) is 3.13. The Kier molecular flexibility index (Phi) is 3.93. The molecular weight excluding hydrogens is 323 g/mol. The van der Waals surface area contributed by atoms with Gasteiger partial charge >= 0.3 is 0 Å². The molecule has 1 unspecified atom stereocenters. The summed E-state index contributed by atoms with van der Waals surface area (Å²) in [4.78, 5) is 14.0. The van der Waals surface area contributed by atoms with Crippen LogP contribution < -0.4 is 0 Å². The van der Waals surface area contributed by atoms with Gasteiger partial charge in [0.25, 0.3) is 5.91 Å². The van der Waals surface area contributed by atoms with Crippen molar-refractivity contribution in [3.8, 4) is 11.3 Å². The Morgan fingerprint density at radius 2 is 2.04 bits per heavy atom. The Morgan fingerprint density at radius 1 is 1.35 bits per heavy atom. The number of halogens is 1. The van der Waals surface area contributed by atoms with Gasteiger partial charge in [-0.1, -0.05) is 5.16 Å². The first-order chi connectivity index (χ1) is 10.9. The number of sulfone groups is 1. The van der Waals surface area contributed by atoms with Gasteiger partial charge in [0.1, 0.15) is 11.4 Å². The standard InChI is InChI=1S/C15H15FN2O4S/c1-18(12-6-7-23(20,21)9-12)15(19)13-8-17-22-14(13)10-2-4-11(16)5-3-10/h2-5,8,12H,6-7,9H2,1H3. The van der Waals surface area contributed by atoms with Crippen molar-refractivity contribution in [2.45, 2.75) is 12.5 Å². The second-order valence-electron chi connectivity index (χ2n) is 5.55. The molecule has 0 aliphatic carbocycles. The Morgan fingerprint density at radius 3 is 2.65 bits per heavy atom. The molecule has 2 heterocycles. The Hall–Kier alpha value is -2.22. The summed E-state index contributed by atoms with van der Waals surface area (Å²) >= 11 is 0. The summed E-state index contributed by atoms with van der Waals surface area (Å²) in [5.74, 6) is -0.472. The van der Waals surface area contributed by atoms with Crippen molar-refractivity contribution < 1.29 is 22.1 Å². The van der Waals surface area contributed by atoms with Gasteiger partial charge in [-0.05, 0) is 30.7 Å². The molecule has 0 N–H and O–H groups in total. The highest BCUT2D eigenvalue weighted by molar-refractivity contribution is 7.91. The summed E-state index contributed by atoms with van der Waals surface area (Å²) in [7, 11) is -1.52. The van der Waals surface area contributed by atoms with Gasteiger partial charge in [-0.15, -0.1) is 0 Å². The molecule has 1 amide bonds. The topological polar surface area (TPSA) is 80.5 Å². The molecule has 2 aromatic rings. The van der Waals surface area contributed by atoms with Crippen LogP contribution in [0.25, 0.3) is 11.3 Å². The van der Waals surface area contributed by atoms with Gasteiger partial charge < -0.3 is 9.42 Å². The second-order valence-corrected chi connectivity index (χ2v) is 7.78. The van der Waals surface area contributed by atoms with Crippen molar-refractivity contribution in [2.75, 3.05) is 18.6 Å². The van der Waals surface area contributed by atoms with Crippen molar-refractivity contribution in [1.29, 1.82) is 0 Å². The van der Waals surface area contributed by atoms with Crippen LogP contribution in [0.5, 0.6) is 0 Å². The lowest BCUT2D eigenvalue weighted by Crippen LogP contribution is -2.37. The second kappa shape index (κ2) is 5.77. The van der Waals surface area contributed by atoms with Gasteiger partial charge in [0.2, 0.25) is 0 Å². The Bertz CT molecular complexity index is 829. The van der Waals surface area contributed by atoms with Crippen LogP contribution in [0.4, 0.5) is 4.39 Å². The van der Waals surface area contributed by atoms with Crippen LogP contribution in [0.15, 0.2) is 35.0 Å². The Balaban J connectivity index is 1.86. The summed E-state index contributed by atoms with van der Waals surface area (Å²) in [6.45, 7) is 0. The fraction of sp³-hybridized carbons (Fsp3) is 0.333. The highest BCUT2D eigenvalue weighted by atomic mass is 32.2. The van der Waals surface area contributed by atoms with Crippen LogP contribution >= 0.6 is 0 Å². The molecular formula is C15H15FN2O4S. The van der Waals surface area contributed by atoms with Crippen LogP contribution in [0.3, 0.4) is 0 Å². The molecule has 122 valence electrons. The van der Waals surface area contributed by atoms with Gasteiger partial charge in [-0.2, -0.15) is 0 Å².